The Kier molecular flexibility index (Phi) is 5.61. The lowest BCUT2D eigenvalue weighted by molar-refractivity contribution is 0.100. The van der Waals surface area contributed by atoms with E-state index in [0.29, 0.717) is 12.1 Å². The van der Waals surface area contributed by atoms with Crippen molar-refractivity contribution in [1.29, 1.82) is 0 Å². The molecule has 0 N–H and O–H groups in total. The molecule has 2 aromatic rings. The SMILES string of the molecule is Br.COc1ccc(C(=O)CN2C3=NCCCCN3c3ccccc32)cc1. The van der Waals surface area contributed by atoms with Crippen molar-refractivity contribution in [3.05, 3.63) is 54.1 Å². The van der Waals surface area contributed by atoms with Gasteiger partial charge in [-0.2, -0.15) is 0 Å². The largest absolute Gasteiger partial charge is 0.497 e. The van der Waals surface area contributed by atoms with E-state index in [0.717, 1.165) is 49.0 Å². The van der Waals surface area contributed by atoms with Crippen LogP contribution >= 0.6 is 17.0 Å². The van der Waals surface area contributed by atoms with Crippen LogP contribution < -0.4 is 14.5 Å². The molecule has 2 heterocycles. The molecule has 0 radical (unpaired) electrons. The molecule has 0 unspecified atom stereocenters. The van der Waals surface area contributed by atoms with Crippen LogP contribution in [-0.4, -0.2) is 38.5 Å². The lowest BCUT2D eigenvalue weighted by Crippen LogP contribution is -2.41. The normalized spacial score (nSPS) is 15.3. The summed E-state index contributed by atoms with van der Waals surface area (Å²) in [6, 6.07) is 15.5. The van der Waals surface area contributed by atoms with E-state index in [2.05, 4.69) is 17.0 Å². The van der Waals surface area contributed by atoms with Gasteiger partial charge in [0, 0.05) is 18.7 Å². The molecule has 0 atom stereocenters. The van der Waals surface area contributed by atoms with Gasteiger partial charge in [-0.05, 0) is 49.2 Å². The van der Waals surface area contributed by atoms with E-state index in [-0.39, 0.29) is 22.8 Å². The van der Waals surface area contributed by atoms with Crippen molar-refractivity contribution in [1.82, 2.24) is 0 Å². The molecule has 0 fully saturated rings. The Bertz CT molecular complexity index is 820. The number of nitrogens with zero attached hydrogens (tertiary/aromatic N) is 3. The number of fused-ring (bicyclic) bond motifs is 3. The quantitative estimate of drug-likeness (QED) is 0.709. The fourth-order valence-electron chi connectivity index (χ4n) is 3.40. The van der Waals surface area contributed by atoms with Crippen molar-refractivity contribution in [3.63, 3.8) is 0 Å². The molecule has 0 saturated heterocycles. The number of carbonyl (C=O) groups excluding carboxylic acids is 1. The molecule has 4 rings (SSSR count). The zero-order valence-corrected chi connectivity index (χ0v) is 16.4. The van der Waals surface area contributed by atoms with Gasteiger partial charge in [0.05, 0.1) is 25.0 Å². The van der Waals surface area contributed by atoms with Gasteiger partial charge in [-0.15, -0.1) is 17.0 Å². The van der Waals surface area contributed by atoms with Gasteiger partial charge in [0.2, 0.25) is 5.96 Å². The van der Waals surface area contributed by atoms with Gasteiger partial charge < -0.3 is 14.5 Å². The molecule has 6 heteroatoms. The second-order valence-electron chi connectivity index (χ2n) is 6.27. The number of para-hydroxylation sites is 2. The first kappa shape index (κ1) is 18.5. The van der Waals surface area contributed by atoms with Crippen molar-refractivity contribution in [3.8, 4) is 5.75 Å². The van der Waals surface area contributed by atoms with E-state index < -0.39 is 0 Å². The highest BCUT2D eigenvalue weighted by Gasteiger charge is 2.34. The van der Waals surface area contributed by atoms with Crippen LogP contribution in [-0.2, 0) is 0 Å². The number of benzene rings is 2. The summed E-state index contributed by atoms with van der Waals surface area (Å²) in [5, 5.41) is 0. The Morgan fingerprint density at radius 2 is 1.81 bits per heavy atom. The van der Waals surface area contributed by atoms with Crippen LogP contribution in [0.4, 0.5) is 11.4 Å². The highest BCUT2D eigenvalue weighted by molar-refractivity contribution is 8.93. The van der Waals surface area contributed by atoms with E-state index in [1.807, 2.05) is 41.3 Å². The number of halogens is 1. The number of hydrogen-bond acceptors (Lipinski definition) is 5. The predicted octanol–water partition coefficient (Wildman–Crippen LogP) is 3.93. The average molecular weight is 416 g/mol. The molecule has 0 saturated carbocycles. The maximum atomic E-state index is 12.8. The number of ether oxygens (including phenoxy) is 1. The molecule has 136 valence electrons. The summed E-state index contributed by atoms with van der Waals surface area (Å²) < 4.78 is 5.17. The summed E-state index contributed by atoms with van der Waals surface area (Å²) >= 11 is 0. The highest BCUT2D eigenvalue weighted by Crippen LogP contribution is 2.38. The summed E-state index contributed by atoms with van der Waals surface area (Å²) in [6.07, 6.45) is 2.20. The monoisotopic (exact) mass is 415 g/mol. The lowest BCUT2D eigenvalue weighted by Gasteiger charge is -2.22. The highest BCUT2D eigenvalue weighted by atomic mass is 79.9. The maximum Gasteiger partial charge on any atom is 0.206 e. The van der Waals surface area contributed by atoms with Crippen molar-refractivity contribution in [2.75, 3.05) is 36.5 Å². The van der Waals surface area contributed by atoms with Crippen LogP contribution in [0.15, 0.2) is 53.5 Å². The summed E-state index contributed by atoms with van der Waals surface area (Å²) in [5.74, 6) is 1.73. The first-order chi connectivity index (χ1) is 12.3. The zero-order valence-electron chi connectivity index (χ0n) is 14.7. The third kappa shape index (κ3) is 3.33. The zero-order chi connectivity index (χ0) is 17.2. The Morgan fingerprint density at radius 1 is 1.08 bits per heavy atom. The summed E-state index contributed by atoms with van der Waals surface area (Å²) in [7, 11) is 1.62. The van der Waals surface area contributed by atoms with E-state index in [1.54, 1.807) is 7.11 Å². The molecular weight excluding hydrogens is 394 g/mol. The van der Waals surface area contributed by atoms with Crippen molar-refractivity contribution < 1.29 is 9.53 Å². The first-order valence-electron chi connectivity index (χ1n) is 8.64. The fraction of sp³-hybridized carbons (Fsp3) is 0.300. The summed E-state index contributed by atoms with van der Waals surface area (Å²) in [4.78, 5) is 21.9. The predicted molar refractivity (Wildman–Crippen MR) is 110 cm³/mol. The Labute approximate surface area is 164 Å². The van der Waals surface area contributed by atoms with E-state index >= 15 is 0 Å². The van der Waals surface area contributed by atoms with Gasteiger partial charge in [0.15, 0.2) is 5.78 Å². The Hall–Kier alpha value is -2.34. The second kappa shape index (κ2) is 7.91. The molecule has 2 aliphatic rings. The number of carbonyl (C=O) groups is 1. The standard InChI is InChI=1S/C20H21N3O2.BrH/c1-25-16-10-8-15(9-11-16)19(24)14-23-18-7-3-2-6-17(18)22-13-5-4-12-21-20(22)23;/h2-3,6-11H,4-5,12-14H2,1H3;1H. The van der Waals surface area contributed by atoms with E-state index in [4.69, 9.17) is 9.73 Å². The first-order valence-corrected chi connectivity index (χ1v) is 8.64. The average Bonchev–Trinajstić information content (AvgIpc) is 2.81. The number of rotatable bonds is 4. The van der Waals surface area contributed by atoms with Crippen LogP contribution in [0.1, 0.15) is 23.2 Å². The minimum absolute atomic E-state index is 0. The molecule has 2 aromatic carbocycles. The molecule has 0 bridgehead atoms. The second-order valence-corrected chi connectivity index (χ2v) is 6.27. The van der Waals surface area contributed by atoms with Gasteiger partial charge in [-0.25, -0.2) is 0 Å². The van der Waals surface area contributed by atoms with Gasteiger partial charge in [-0.3, -0.25) is 9.79 Å². The van der Waals surface area contributed by atoms with Crippen LogP contribution in [0, 0.1) is 0 Å². The van der Waals surface area contributed by atoms with Crippen LogP contribution in [0.2, 0.25) is 0 Å². The molecular formula is C20H22BrN3O2. The number of aliphatic imine (C=N–C) groups is 1. The van der Waals surface area contributed by atoms with Crippen molar-refractivity contribution in [2.45, 2.75) is 12.8 Å². The molecule has 0 amide bonds. The molecule has 0 aliphatic carbocycles. The number of guanidine groups is 1. The van der Waals surface area contributed by atoms with E-state index in [9.17, 15) is 4.79 Å². The van der Waals surface area contributed by atoms with Crippen LogP contribution in [0.3, 0.4) is 0 Å². The molecule has 0 aromatic heterocycles. The van der Waals surface area contributed by atoms with Gasteiger partial charge in [-0.1, -0.05) is 12.1 Å². The number of methoxy groups -OCH3 is 1. The summed E-state index contributed by atoms with van der Waals surface area (Å²) in [5.41, 5.74) is 2.89. The van der Waals surface area contributed by atoms with Crippen LogP contribution in [0.5, 0.6) is 5.75 Å². The molecule has 26 heavy (non-hydrogen) atoms. The molecule has 0 spiro atoms. The number of Topliss-reactive ketones (excluding diaryl/α,β-unsaturated/α-hetero) is 1. The molecule has 5 nitrogen and oxygen atoms in total. The third-order valence-electron chi connectivity index (χ3n) is 4.70. The van der Waals surface area contributed by atoms with Crippen LogP contribution in [0.25, 0.3) is 0 Å². The Morgan fingerprint density at radius 3 is 2.54 bits per heavy atom. The number of anilines is 2. The fourth-order valence-corrected chi connectivity index (χ4v) is 3.40. The van der Waals surface area contributed by atoms with Gasteiger partial charge in [0.1, 0.15) is 5.75 Å². The number of hydrogen-bond donors (Lipinski definition) is 0. The maximum absolute atomic E-state index is 12.8. The lowest BCUT2D eigenvalue weighted by atomic mass is 10.1. The minimum atomic E-state index is 0. The topological polar surface area (TPSA) is 45.1 Å². The third-order valence-corrected chi connectivity index (χ3v) is 4.70. The van der Waals surface area contributed by atoms with Crippen molar-refractivity contribution >= 4 is 40.1 Å². The van der Waals surface area contributed by atoms with Gasteiger partial charge >= 0.3 is 0 Å². The minimum Gasteiger partial charge on any atom is -0.497 e. The van der Waals surface area contributed by atoms with E-state index in [1.165, 1.54) is 0 Å². The molecule has 2 aliphatic heterocycles. The smallest absolute Gasteiger partial charge is 0.206 e. The van der Waals surface area contributed by atoms with Gasteiger partial charge in [0.25, 0.3) is 0 Å². The Balaban J connectivity index is 0.00000196. The van der Waals surface area contributed by atoms with Crippen molar-refractivity contribution in [2.24, 2.45) is 4.99 Å². The summed E-state index contributed by atoms with van der Waals surface area (Å²) in [6.45, 7) is 2.05. The number of ketones is 1.